The van der Waals surface area contributed by atoms with Gasteiger partial charge in [-0.05, 0) is 74.6 Å². The first-order valence-corrected chi connectivity index (χ1v) is 12.5. The van der Waals surface area contributed by atoms with Crippen LogP contribution in [0.1, 0.15) is 48.0 Å². The van der Waals surface area contributed by atoms with Crippen molar-refractivity contribution in [2.45, 2.75) is 43.5 Å². The molecular weight excluding hydrogens is 448 g/mol. The van der Waals surface area contributed by atoms with E-state index in [-0.39, 0.29) is 17.3 Å². The van der Waals surface area contributed by atoms with E-state index in [1.807, 2.05) is 0 Å². The molecule has 0 aliphatic heterocycles. The third-order valence-corrected chi connectivity index (χ3v) is 7.64. The number of nitrogens with zero attached hydrogens (tertiary/aromatic N) is 1. The summed E-state index contributed by atoms with van der Waals surface area (Å²) < 4.78 is 32.5. The molecular formula is C24H29ClN2O4S. The van der Waals surface area contributed by atoms with Crippen molar-refractivity contribution < 1.29 is 17.9 Å². The van der Waals surface area contributed by atoms with E-state index in [9.17, 15) is 13.2 Å². The Labute approximate surface area is 195 Å². The lowest BCUT2D eigenvalue weighted by molar-refractivity contribution is 0.0954. The molecule has 8 heteroatoms. The van der Waals surface area contributed by atoms with Crippen molar-refractivity contribution in [3.05, 3.63) is 70.3 Å². The molecule has 0 saturated heterocycles. The van der Waals surface area contributed by atoms with Gasteiger partial charge in [0.25, 0.3) is 5.91 Å². The maximum Gasteiger partial charge on any atom is 0.251 e. The molecule has 2 aromatic rings. The van der Waals surface area contributed by atoms with Crippen molar-refractivity contribution in [1.82, 2.24) is 9.62 Å². The minimum absolute atomic E-state index is 0.0577. The van der Waals surface area contributed by atoms with Crippen LogP contribution in [0.4, 0.5) is 0 Å². The maximum absolute atomic E-state index is 12.9. The van der Waals surface area contributed by atoms with Gasteiger partial charge in [0.05, 0.1) is 12.0 Å². The van der Waals surface area contributed by atoms with E-state index in [4.69, 9.17) is 16.3 Å². The number of hydrogen-bond donors (Lipinski definition) is 1. The van der Waals surface area contributed by atoms with Gasteiger partial charge in [-0.2, -0.15) is 4.31 Å². The summed E-state index contributed by atoms with van der Waals surface area (Å²) in [6.45, 7) is 0.638. The minimum Gasteiger partial charge on any atom is -0.496 e. The third kappa shape index (κ3) is 6.12. The van der Waals surface area contributed by atoms with Gasteiger partial charge in [0.2, 0.25) is 10.0 Å². The molecule has 0 heterocycles. The minimum atomic E-state index is -3.73. The summed E-state index contributed by atoms with van der Waals surface area (Å²) in [4.78, 5) is 12.8. The number of hydrogen-bond acceptors (Lipinski definition) is 4. The molecule has 172 valence electrons. The lowest BCUT2D eigenvalue weighted by Gasteiger charge is -2.19. The Morgan fingerprint density at radius 1 is 1.16 bits per heavy atom. The molecule has 0 radical (unpaired) electrons. The van der Waals surface area contributed by atoms with Crippen LogP contribution < -0.4 is 10.1 Å². The lowest BCUT2D eigenvalue weighted by Crippen LogP contribution is -2.27. The van der Waals surface area contributed by atoms with Gasteiger partial charge < -0.3 is 10.1 Å². The van der Waals surface area contributed by atoms with Gasteiger partial charge >= 0.3 is 0 Å². The van der Waals surface area contributed by atoms with Gasteiger partial charge in [0, 0.05) is 36.3 Å². The van der Waals surface area contributed by atoms with Crippen LogP contribution in [-0.2, 0) is 16.6 Å². The summed E-state index contributed by atoms with van der Waals surface area (Å²) in [5, 5.41) is 3.43. The highest BCUT2D eigenvalue weighted by molar-refractivity contribution is 7.89. The second-order valence-electron chi connectivity index (χ2n) is 7.86. The van der Waals surface area contributed by atoms with Crippen molar-refractivity contribution in [2.24, 2.45) is 0 Å². The van der Waals surface area contributed by atoms with Crippen LogP contribution in [0, 0.1) is 0 Å². The number of sulfonamides is 1. The Bertz CT molecular complexity index is 1080. The fourth-order valence-corrected chi connectivity index (χ4v) is 5.00. The fraction of sp³-hybridized carbons (Fsp3) is 0.375. The number of amides is 1. The van der Waals surface area contributed by atoms with Crippen molar-refractivity contribution in [3.63, 3.8) is 0 Å². The normalized spacial score (nSPS) is 14.2. The molecule has 1 N–H and O–H groups in total. The SMILES string of the molecule is COc1ccc(C(=O)NCCC2=CCCCC2)cc1CN(C)S(=O)(=O)c1ccc(Cl)cc1. The summed E-state index contributed by atoms with van der Waals surface area (Å²) in [5.41, 5.74) is 2.48. The van der Waals surface area contributed by atoms with E-state index >= 15 is 0 Å². The molecule has 0 fully saturated rings. The second kappa shape index (κ2) is 11.0. The smallest absolute Gasteiger partial charge is 0.251 e. The summed E-state index contributed by atoms with van der Waals surface area (Å²) >= 11 is 5.87. The monoisotopic (exact) mass is 476 g/mol. The quantitative estimate of drug-likeness (QED) is 0.528. The second-order valence-corrected chi connectivity index (χ2v) is 10.3. The average Bonchev–Trinajstić information content (AvgIpc) is 2.80. The zero-order valence-electron chi connectivity index (χ0n) is 18.4. The number of allylic oxidation sites excluding steroid dienone is 1. The van der Waals surface area contributed by atoms with Gasteiger partial charge in [0.15, 0.2) is 0 Å². The lowest BCUT2D eigenvalue weighted by atomic mass is 9.97. The van der Waals surface area contributed by atoms with E-state index < -0.39 is 10.0 Å². The van der Waals surface area contributed by atoms with E-state index in [2.05, 4.69) is 11.4 Å². The molecule has 0 atom stereocenters. The number of carbonyl (C=O) groups is 1. The van der Waals surface area contributed by atoms with Crippen LogP contribution >= 0.6 is 11.6 Å². The van der Waals surface area contributed by atoms with E-state index in [1.54, 1.807) is 18.2 Å². The largest absolute Gasteiger partial charge is 0.496 e. The average molecular weight is 477 g/mol. The number of rotatable bonds is 9. The molecule has 0 bridgehead atoms. The molecule has 0 unspecified atom stereocenters. The van der Waals surface area contributed by atoms with Crippen LogP contribution in [0.2, 0.25) is 5.02 Å². The first-order chi connectivity index (χ1) is 15.3. The van der Waals surface area contributed by atoms with Gasteiger partial charge in [-0.1, -0.05) is 23.3 Å². The molecule has 0 aromatic heterocycles. The molecule has 1 amide bonds. The Morgan fingerprint density at radius 2 is 1.91 bits per heavy atom. The topological polar surface area (TPSA) is 75.7 Å². The Balaban J connectivity index is 1.70. The predicted octanol–water partition coefficient (Wildman–Crippen LogP) is 4.79. The molecule has 3 rings (SSSR count). The van der Waals surface area contributed by atoms with Crippen molar-refractivity contribution >= 4 is 27.5 Å². The highest BCUT2D eigenvalue weighted by Crippen LogP contribution is 2.25. The van der Waals surface area contributed by atoms with E-state index in [0.717, 1.165) is 19.3 Å². The Morgan fingerprint density at radius 3 is 2.56 bits per heavy atom. The molecule has 1 aliphatic rings. The molecule has 0 saturated carbocycles. The summed E-state index contributed by atoms with van der Waals surface area (Å²) in [7, 11) is -0.714. The maximum atomic E-state index is 12.9. The molecule has 2 aromatic carbocycles. The number of benzene rings is 2. The summed E-state index contributed by atoms with van der Waals surface area (Å²) in [6, 6.07) is 11.1. The number of methoxy groups -OCH3 is 1. The van der Waals surface area contributed by atoms with Crippen molar-refractivity contribution in [2.75, 3.05) is 20.7 Å². The standard InChI is InChI=1S/C24H29ClN2O4S/c1-27(32(29,30)22-11-9-21(25)10-12-22)17-20-16-19(8-13-23(20)31-2)24(28)26-15-14-18-6-4-3-5-7-18/h6,8-13,16H,3-5,7,14-15,17H2,1-2H3,(H,26,28). The molecule has 32 heavy (non-hydrogen) atoms. The first kappa shape index (κ1) is 24.3. The third-order valence-electron chi connectivity index (χ3n) is 5.57. The van der Waals surface area contributed by atoms with Crippen LogP contribution in [0.15, 0.2) is 59.0 Å². The van der Waals surface area contributed by atoms with Gasteiger partial charge in [-0.15, -0.1) is 0 Å². The number of carbonyl (C=O) groups excluding carboxylic acids is 1. The van der Waals surface area contributed by atoms with Crippen LogP contribution in [0.5, 0.6) is 5.75 Å². The van der Waals surface area contributed by atoms with Crippen molar-refractivity contribution in [1.29, 1.82) is 0 Å². The van der Waals surface area contributed by atoms with Gasteiger partial charge in [-0.25, -0.2) is 8.42 Å². The number of ether oxygens (including phenoxy) is 1. The van der Waals surface area contributed by atoms with Crippen LogP contribution in [-0.4, -0.2) is 39.3 Å². The van der Waals surface area contributed by atoms with Crippen LogP contribution in [0.3, 0.4) is 0 Å². The molecule has 0 spiro atoms. The van der Waals surface area contributed by atoms with Crippen LogP contribution in [0.25, 0.3) is 0 Å². The predicted molar refractivity (Wildman–Crippen MR) is 127 cm³/mol. The highest BCUT2D eigenvalue weighted by atomic mass is 35.5. The number of nitrogens with one attached hydrogen (secondary N) is 1. The summed E-state index contributed by atoms with van der Waals surface area (Å²) in [5.74, 6) is 0.334. The first-order valence-electron chi connectivity index (χ1n) is 10.7. The molecule has 1 aliphatic carbocycles. The summed E-state index contributed by atoms with van der Waals surface area (Å²) in [6.07, 6.45) is 7.82. The highest BCUT2D eigenvalue weighted by Gasteiger charge is 2.22. The zero-order valence-corrected chi connectivity index (χ0v) is 20.0. The fourth-order valence-electron chi connectivity index (χ4n) is 3.73. The Hall–Kier alpha value is -2.35. The van der Waals surface area contributed by atoms with Gasteiger partial charge in [-0.3, -0.25) is 4.79 Å². The Kier molecular flexibility index (Phi) is 8.34. The number of halogens is 1. The molecule has 6 nitrogen and oxygen atoms in total. The zero-order chi connectivity index (χ0) is 23.1. The van der Waals surface area contributed by atoms with Crippen molar-refractivity contribution in [3.8, 4) is 5.75 Å². The van der Waals surface area contributed by atoms with E-state index in [0.29, 0.717) is 28.4 Å². The van der Waals surface area contributed by atoms with Gasteiger partial charge in [0.1, 0.15) is 5.75 Å². The van der Waals surface area contributed by atoms with E-state index in [1.165, 1.54) is 61.1 Å².